The number of benzene rings is 3. The largest absolute Gasteiger partial charge is 0.454 e. The number of nitrogens with one attached hydrogen (secondary N) is 1. The van der Waals surface area contributed by atoms with Crippen LogP contribution < -0.4 is 9.47 Å². The first-order chi connectivity index (χ1) is 20.5. The number of rotatable bonds is 4. The molecule has 1 N–H and O–H groups in total. The second kappa shape index (κ2) is 9.93. The monoisotopic (exact) mass is 602 g/mol. The molecular formula is C32H28Cl2N4O4. The van der Waals surface area contributed by atoms with Crippen molar-refractivity contribution in [2.75, 3.05) is 26.4 Å². The standard InChI is InChI=1S/C32H28Cl2N4O4/c33-23-5-3-6-24(34)22(23)15-36-11-10-19(14-36)37-16-29(39)38-26(32(37)40)13-21-20-4-1-2-7-25(20)35-30(21)31(38)18-8-9-27-28(12-18)42-17-41-27/h1-9,12,19,26,31,35H,10-11,13-17H2/t19-,26+,31+/m0/s1. The zero-order valence-corrected chi connectivity index (χ0v) is 24.2. The van der Waals surface area contributed by atoms with Crippen molar-refractivity contribution < 1.29 is 19.1 Å². The molecule has 8 rings (SSSR count). The minimum absolute atomic E-state index is 0.00102. The molecule has 4 aliphatic heterocycles. The first-order valence-electron chi connectivity index (χ1n) is 14.2. The molecule has 0 aliphatic carbocycles. The summed E-state index contributed by atoms with van der Waals surface area (Å²) < 4.78 is 11.2. The third kappa shape index (κ3) is 4.07. The summed E-state index contributed by atoms with van der Waals surface area (Å²) in [4.78, 5) is 37.8. The Labute approximate surface area is 252 Å². The number of halogens is 2. The van der Waals surface area contributed by atoms with Gasteiger partial charge in [-0.1, -0.05) is 53.5 Å². The van der Waals surface area contributed by atoms with Gasteiger partial charge in [0.05, 0.1) is 6.04 Å². The maximum absolute atomic E-state index is 14.3. The maximum Gasteiger partial charge on any atom is 0.246 e. The number of ether oxygens (including phenoxy) is 2. The average molecular weight is 604 g/mol. The van der Waals surface area contributed by atoms with E-state index in [0.717, 1.165) is 46.3 Å². The lowest BCUT2D eigenvalue weighted by molar-refractivity contribution is -0.160. The van der Waals surface area contributed by atoms with E-state index in [0.29, 0.717) is 41.1 Å². The van der Waals surface area contributed by atoms with Crippen molar-refractivity contribution in [3.8, 4) is 11.5 Å². The highest BCUT2D eigenvalue weighted by atomic mass is 35.5. The Kier molecular flexibility index (Phi) is 6.14. The van der Waals surface area contributed by atoms with Crippen LogP contribution in [0.5, 0.6) is 11.5 Å². The van der Waals surface area contributed by atoms with Gasteiger partial charge in [-0.25, -0.2) is 0 Å². The quantitative estimate of drug-likeness (QED) is 0.349. The molecule has 2 saturated heterocycles. The van der Waals surface area contributed by atoms with Crippen molar-refractivity contribution in [3.05, 3.63) is 93.1 Å². The molecule has 4 aliphatic rings. The van der Waals surface area contributed by atoms with Crippen LogP contribution in [-0.2, 0) is 22.6 Å². The molecule has 4 aromatic rings. The lowest BCUT2D eigenvalue weighted by atomic mass is 9.85. The summed E-state index contributed by atoms with van der Waals surface area (Å²) >= 11 is 12.9. The van der Waals surface area contributed by atoms with E-state index in [2.05, 4.69) is 16.0 Å². The van der Waals surface area contributed by atoms with Gasteiger partial charge in [0.1, 0.15) is 12.6 Å². The van der Waals surface area contributed by atoms with Gasteiger partial charge in [-0.2, -0.15) is 0 Å². The molecule has 5 heterocycles. The number of hydrogen-bond donors (Lipinski definition) is 1. The van der Waals surface area contributed by atoms with Crippen molar-refractivity contribution in [3.63, 3.8) is 0 Å². The fourth-order valence-corrected chi connectivity index (χ4v) is 7.66. The van der Waals surface area contributed by atoms with Crippen LogP contribution in [0.2, 0.25) is 10.0 Å². The molecule has 3 atom stereocenters. The van der Waals surface area contributed by atoms with Gasteiger partial charge in [0.2, 0.25) is 18.6 Å². The summed E-state index contributed by atoms with van der Waals surface area (Å²) in [6.45, 7) is 2.28. The number of fused-ring (bicyclic) bond motifs is 5. The zero-order chi connectivity index (χ0) is 28.5. The van der Waals surface area contributed by atoms with E-state index < -0.39 is 12.1 Å². The first-order valence-corrected chi connectivity index (χ1v) is 15.0. The number of nitrogens with zero attached hydrogens (tertiary/aromatic N) is 3. The maximum atomic E-state index is 14.3. The van der Waals surface area contributed by atoms with E-state index in [1.54, 1.807) is 4.90 Å². The summed E-state index contributed by atoms with van der Waals surface area (Å²) in [5, 5.41) is 2.35. The van der Waals surface area contributed by atoms with Gasteiger partial charge in [0.15, 0.2) is 11.5 Å². The van der Waals surface area contributed by atoms with Gasteiger partial charge < -0.3 is 24.3 Å². The molecule has 10 heteroatoms. The number of H-pyrrole nitrogens is 1. The van der Waals surface area contributed by atoms with E-state index in [9.17, 15) is 9.59 Å². The summed E-state index contributed by atoms with van der Waals surface area (Å²) in [6, 6.07) is 18.3. The van der Waals surface area contributed by atoms with Crippen LogP contribution in [-0.4, -0.2) is 70.0 Å². The lowest BCUT2D eigenvalue weighted by Gasteiger charge is -2.48. The fourth-order valence-electron chi connectivity index (χ4n) is 7.14. The molecule has 1 aromatic heterocycles. The number of aromatic amines is 1. The van der Waals surface area contributed by atoms with Gasteiger partial charge >= 0.3 is 0 Å². The molecule has 0 bridgehead atoms. The lowest BCUT2D eigenvalue weighted by Crippen LogP contribution is -2.65. The van der Waals surface area contributed by atoms with Crippen LogP contribution in [0.25, 0.3) is 10.9 Å². The van der Waals surface area contributed by atoms with E-state index in [4.69, 9.17) is 32.7 Å². The fraction of sp³-hybridized carbons (Fsp3) is 0.312. The summed E-state index contributed by atoms with van der Waals surface area (Å²) in [5.74, 6) is 1.27. The minimum atomic E-state index is -0.597. The second-order valence-electron chi connectivity index (χ2n) is 11.4. The molecule has 0 saturated carbocycles. The number of carbonyl (C=O) groups excluding carboxylic acids is 2. The van der Waals surface area contributed by atoms with Crippen molar-refractivity contribution in [2.24, 2.45) is 0 Å². The Bertz CT molecular complexity index is 1740. The molecule has 0 spiro atoms. The summed E-state index contributed by atoms with van der Waals surface area (Å²) in [6.07, 6.45) is 1.25. The molecule has 3 aromatic carbocycles. The average Bonchev–Trinajstić information content (AvgIpc) is 3.74. The van der Waals surface area contributed by atoms with Crippen LogP contribution >= 0.6 is 23.2 Å². The number of likely N-dealkylation sites (tertiary alicyclic amines) is 1. The molecule has 214 valence electrons. The van der Waals surface area contributed by atoms with Crippen LogP contribution in [0.15, 0.2) is 60.7 Å². The van der Waals surface area contributed by atoms with Gasteiger partial charge in [0.25, 0.3) is 0 Å². The van der Waals surface area contributed by atoms with Crippen LogP contribution in [0.3, 0.4) is 0 Å². The van der Waals surface area contributed by atoms with Crippen molar-refractivity contribution in [1.82, 2.24) is 19.7 Å². The Morgan fingerprint density at radius 2 is 1.76 bits per heavy atom. The van der Waals surface area contributed by atoms with Gasteiger partial charge in [-0.05, 0) is 47.9 Å². The molecule has 0 radical (unpaired) electrons. The Hall–Kier alpha value is -3.72. The Morgan fingerprint density at radius 1 is 0.952 bits per heavy atom. The normalized spacial score (nSPS) is 23.5. The van der Waals surface area contributed by atoms with E-state index >= 15 is 0 Å². The van der Waals surface area contributed by atoms with Crippen molar-refractivity contribution >= 4 is 45.9 Å². The van der Waals surface area contributed by atoms with Crippen molar-refractivity contribution in [1.29, 1.82) is 0 Å². The summed E-state index contributed by atoms with van der Waals surface area (Å²) in [7, 11) is 0. The van der Waals surface area contributed by atoms with Gasteiger partial charge in [-0.3, -0.25) is 14.5 Å². The zero-order valence-electron chi connectivity index (χ0n) is 22.7. The van der Waals surface area contributed by atoms with Crippen molar-refractivity contribution in [2.45, 2.75) is 37.5 Å². The molecular weight excluding hydrogens is 575 g/mol. The molecule has 42 heavy (non-hydrogen) atoms. The molecule has 2 fully saturated rings. The van der Waals surface area contributed by atoms with E-state index in [-0.39, 0.29) is 31.2 Å². The minimum Gasteiger partial charge on any atom is -0.454 e. The number of para-hydroxylation sites is 1. The van der Waals surface area contributed by atoms with E-state index in [1.807, 2.05) is 59.5 Å². The highest BCUT2D eigenvalue weighted by molar-refractivity contribution is 6.36. The Balaban J connectivity index is 1.12. The number of piperazine rings is 1. The highest BCUT2D eigenvalue weighted by Gasteiger charge is 2.50. The van der Waals surface area contributed by atoms with Crippen LogP contribution in [0.1, 0.15) is 34.8 Å². The first kappa shape index (κ1) is 25.9. The second-order valence-corrected chi connectivity index (χ2v) is 12.3. The highest BCUT2D eigenvalue weighted by Crippen LogP contribution is 2.45. The van der Waals surface area contributed by atoms with Crippen LogP contribution in [0, 0.1) is 0 Å². The number of amides is 2. The molecule has 2 amide bonds. The molecule has 0 unspecified atom stereocenters. The SMILES string of the molecule is O=C1[C@H]2Cc3c([nH]c4ccccc34)[C@@H](c3ccc4c(c3)OCO4)N2C(=O)CN1[C@H]1CCN(Cc2c(Cl)cccc2Cl)C1. The summed E-state index contributed by atoms with van der Waals surface area (Å²) in [5.41, 5.74) is 4.80. The van der Waals surface area contributed by atoms with E-state index in [1.165, 1.54) is 0 Å². The predicted octanol–water partition coefficient (Wildman–Crippen LogP) is 5.16. The van der Waals surface area contributed by atoms with Gasteiger partial charge in [0, 0.05) is 64.3 Å². The third-order valence-corrected chi connectivity index (χ3v) is 9.85. The number of hydrogen-bond acceptors (Lipinski definition) is 5. The number of aromatic nitrogens is 1. The predicted molar refractivity (Wildman–Crippen MR) is 159 cm³/mol. The van der Waals surface area contributed by atoms with Crippen LogP contribution in [0.4, 0.5) is 0 Å². The topological polar surface area (TPSA) is 78.1 Å². The smallest absolute Gasteiger partial charge is 0.246 e. The third-order valence-electron chi connectivity index (χ3n) is 9.14. The van der Waals surface area contributed by atoms with Gasteiger partial charge in [-0.15, -0.1) is 0 Å². The number of carbonyl (C=O) groups is 2. The molecule has 8 nitrogen and oxygen atoms in total. The Morgan fingerprint density at radius 3 is 2.62 bits per heavy atom.